The molecule has 1 unspecified atom stereocenters. The molecule has 1 saturated heterocycles. The average Bonchev–Trinajstić information content (AvgIpc) is 2.53. The smallest absolute Gasteiger partial charge is 0.122 e. The maximum atomic E-state index is 10.2. The first-order valence-corrected chi connectivity index (χ1v) is 8.35. The minimum absolute atomic E-state index is 0.335. The van der Waals surface area contributed by atoms with Crippen LogP contribution in [0.3, 0.4) is 0 Å². The van der Waals surface area contributed by atoms with E-state index >= 15 is 0 Å². The van der Waals surface area contributed by atoms with Gasteiger partial charge in [-0.1, -0.05) is 17.7 Å². The van der Waals surface area contributed by atoms with Crippen molar-refractivity contribution >= 4 is 0 Å². The van der Waals surface area contributed by atoms with Gasteiger partial charge in [-0.3, -0.25) is 9.80 Å². The van der Waals surface area contributed by atoms with Crippen molar-refractivity contribution in [3.63, 3.8) is 0 Å². The lowest BCUT2D eigenvalue weighted by molar-refractivity contribution is 0.0463. The van der Waals surface area contributed by atoms with E-state index in [1.165, 1.54) is 5.56 Å². The van der Waals surface area contributed by atoms with E-state index in [2.05, 4.69) is 28.7 Å². The van der Waals surface area contributed by atoms with Gasteiger partial charge in [0.05, 0.1) is 0 Å². The van der Waals surface area contributed by atoms with Gasteiger partial charge >= 0.3 is 0 Å². The molecule has 0 amide bonds. The molecule has 0 aromatic heterocycles. The van der Waals surface area contributed by atoms with Crippen LogP contribution in [-0.2, 0) is 0 Å². The van der Waals surface area contributed by atoms with Gasteiger partial charge in [-0.2, -0.15) is 0 Å². The maximum Gasteiger partial charge on any atom is 0.122 e. The summed E-state index contributed by atoms with van der Waals surface area (Å²) in [7, 11) is 0. The fourth-order valence-corrected chi connectivity index (χ4v) is 2.92. The first-order valence-electron chi connectivity index (χ1n) is 8.35. The Morgan fingerprint density at radius 1 is 1.22 bits per heavy atom. The molecule has 126 valence electrons. The third-order valence-corrected chi connectivity index (χ3v) is 4.27. The molecule has 0 spiro atoms. The van der Waals surface area contributed by atoms with E-state index in [0.717, 1.165) is 50.5 Å². The molecule has 2 rings (SSSR count). The van der Waals surface area contributed by atoms with E-state index in [9.17, 15) is 5.11 Å². The van der Waals surface area contributed by atoms with E-state index < -0.39 is 6.10 Å². The zero-order valence-electron chi connectivity index (χ0n) is 14.3. The number of ether oxygens (including phenoxy) is 1. The van der Waals surface area contributed by atoms with Gasteiger partial charge in [0.15, 0.2) is 0 Å². The molecular formula is C19H28N2O2. The van der Waals surface area contributed by atoms with Crippen molar-refractivity contribution in [2.75, 3.05) is 45.9 Å². The van der Waals surface area contributed by atoms with Gasteiger partial charge < -0.3 is 9.84 Å². The molecule has 0 radical (unpaired) electrons. The van der Waals surface area contributed by atoms with Gasteiger partial charge in [-0.05, 0) is 25.5 Å². The lowest BCUT2D eigenvalue weighted by Crippen LogP contribution is -2.49. The first-order chi connectivity index (χ1) is 11.1. The number of terminal acetylenes is 1. The third kappa shape index (κ3) is 5.87. The molecule has 1 aromatic rings. The summed E-state index contributed by atoms with van der Waals surface area (Å²) in [5.41, 5.74) is 2.33. The molecule has 0 bridgehead atoms. The summed E-state index contributed by atoms with van der Waals surface area (Å²) >= 11 is 0. The fraction of sp³-hybridized carbons (Fsp3) is 0.579. The summed E-state index contributed by atoms with van der Waals surface area (Å²) in [5, 5.41) is 10.2. The molecule has 23 heavy (non-hydrogen) atoms. The van der Waals surface area contributed by atoms with Crippen LogP contribution in [0.15, 0.2) is 18.2 Å². The van der Waals surface area contributed by atoms with Crippen molar-refractivity contribution in [1.82, 2.24) is 9.80 Å². The molecule has 1 heterocycles. The Bertz CT molecular complexity index is 531. The highest BCUT2D eigenvalue weighted by Crippen LogP contribution is 2.18. The van der Waals surface area contributed by atoms with Crippen LogP contribution >= 0.6 is 0 Å². The van der Waals surface area contributed by atoms with Crippen molar-refractivity contribution < 1.29 is 9.84 Å². The molecule has 4 nitrogen and oxygen atoms in total. The van der Waals surface area contributed by atoms with Crippen molar-refractivity contribution in [1.29, 1.82) is 0 Å². The number of nitrogens with zero attached hydrogens (tertiary/aromatic N) is 2. The Hall–Kier alpha value is -1.54. The number of benzene rings is 1. The molecule has 4 heteroatoms. The topological polar surface area (TPSA) is 35.9 Å². The first kappa shape index (κ1) is 17.8. The molecule has 0 saturated carbocycles. The molecule has 0 aliphatic carbocycles. The lowest BCUT2D eigenvalue weighted by atomic mass is 10.1. The number of aliphatic hydroxyl groups excluding tert-OH is 1. The number of rotatable bonds is 7. The molecule has 1 fully saturated rings. The van der Waals surface area contributed by atoms with E-state index in [-0.39, 0.29) is 0 Å². The molecule has 1 aliphatic rings. The lowest BCUT2D eigenvalue weighted by Gasteiger charge is -2.35. The third-order valence-electron chi connectivity index (χ3n) is 4.27. The van der Waals surface area contributed by atoms with Crippen LogP contribution in [-0.4, -0.2) is 66.9 Å². The second-order valence-corrected chi connectivity index (χ2v) is 6.33. The van der Waals surface area contributed by atoms with E-state index in [1.807, 2.05) is 19.1 Å². The number of hydrogen-bond donors (Lipinski definition) is 1. The fourth-order valence-electron chi connectivity index (χ4n) is 2.92. The van der Waals surface area contributed by atoms with Crippen LogP contribution < -0.4 is 4.74 Å². The average molecular weight is 316 g/mol. The predicted molar refractivity (Wildman–Crippen MR) is 93.7 cm³/mol. The molecule has 1 atom stereocenters. The monoisotopic (exact) mass is 316 g/mol. The summed E-state index contributed by atoms with van der Waals surface area (Å²) in [6.45, 7) is 10.1. The highest BCUT2D eigenvalue weighted by molar-refractivity contribution is 5.35. The van der Waals surface area contributed by atoms with Crippen LogP contribution in [0.5, 0.6) is 5.75 Å². The van der Waals surface area contributed by atoms with Crippen LogP contribution in [0.1, 0.15) is 17.5 Å². The Morgan fingerprint density at radius 3 is 2.57 bits per heavy atom. The van der Waals surface area contributed by atoms with Gasteiger partial charge in [-0.15, -0.1) is 12.3 Å². The van der Waals surface area contributed by atoms with Crippen LogP contribution in [0.25, 0.3) is 0 Å². The summed E-state index contributed by atoms with van der Waals surface area (Å²) < 4.78 is 5.76. The van der Waals surface area contributed by atoms with Crippen LogP contribution in [0.4, 0.5) is 0 Å². The minimum atomic E-state index is -0.465. The van der Waals surface area contributed by atoms with Crippen LogP contribution in [0.2, 0.25) is 0 Å². The normalized spacial score (nSPS) is 17.7. The number of β-amino-alcohol motifs (C(OH)–C–C–N with tert-alkyl or cyclic N) is 1. The standard InChI is InChI=1S/C19H28N2O2/c1-4-5-8-20-9-11-21(12-10-20)14-18(22)15-23-19-7-6-16(2)13-17(19)3/h1,6-7,13,18,22H,5,8-12,14-15H2,2-3H3. The van der Waals surface area contributed by atoms with Gasteiger partial charge in [0.25, 0.3) is 0 Å². The molecule has 1 aliphatic heterocycles. The van der Waals surface area contributed by atoms with Crippen molar-refractivity contribution in [2.45, 2.75) is 26.4 Å². The van der Waals surface area contributed by atoms with Gasteiger partial charge in [0, 0.05) is 45.7 Å². The van der Waals surface area contributed by atoms with Gasteiger partial charge in [-0.25, -0.2) is 0 Å². The second-order valence-electron chi connectivity index (χ2n) is 6.33. The quantitative estimate of drug-likeness (QED) is 0.777. The Morgan fingerprint density at radius 2 is 1.91 bits per heavy atom. The second kappa shape index (κ2) is 8.93. The highest BCUT2D eigenvalue weighted by atomic mass is 16.5. The largest absolute Gasteiger partial charge is 0.491 e. The van der Waals surface area contributed by atoms with Gasteiger partial charge in [0.1, 0.15) is 18.5 Å². The molecule has 1 aromatic carbocycles. The van der Waals surface area contributed by atoms with Crippen molar-refractivity contribution in [3.05, 3.63) is 29.3 Å². The summed E-state index contributed by atoms with van der Waals surface area (Å²) in [5.74, 6) is 3.54. The molecule has 1 N–H and O–H groups in total. The SMILES string of the molecule is C#CCCN1CCN(CC(O)COc2ccc(C)cc2C)CC1. The van der Waals surface area contributed by atoms with E-state index in [4.69, 9.17) is 11.2 Å². The van der Waals surface area contributed by atoms with Gasteiger partial charge in [0.2, 0.25) is 0 Å². The van der Waals surface area contributed by atoms with Crippen molar-refractivity contribution in [3.8, 4) is 18.1 Å². The Balaban J connectivity index is 1.69. The zero-order chi connectivity index (χ0) is 16.7. The summed E-state index contributed by atoms with van der Waals surface area (Å²) in [4.78, 5) is 4.68. The highest BCUT2D eigenvalue weighted by Gasteiger charge is 2.19. The predicted octanol–water partition coefficient (Wildman–Crippen LogP) is 1.68. The maximum absolute atomic E-state index is 10.2. The van der Waals surface area contributed by atoms with Crippen molar-refractivity contribution in [2.24, 2.45) is 0 Å². The summed E-state index contributed by atoms with van der Waals surface area (Å²) in [6, 6.07) is 6.10. The zero-order valence-corrected chi connectivity index (χ0v) is 14.3. The van der Waals surface area contributed by atoms with E-state index in [0.29, 0.717) is 13.2 Å². The summed E-state index contributed by atoms with van der Waals surface area (Å²) in [6.07, 6.45) is 5.65. The van der Waals surface area contributed by atoms with E-state index in [1.54, 1.807) is 0 Å². The Kier molecular flexibility index (Phi) is 6.91. The number of piperazine rings is 1. The van der Waals surface area contributed by atoms with Crippen LogP contribution in [0, 0.1) is 26.2 Å². The number of aliphatic hydroxyl groups is 1. The Labute approximate surface area is 140 Å². The number of aryl methyl sites for hydroxylation is 2. The number of hydrogen-bond acceptors (Lipinski definition) is 4. The minimum Gasteiger partial charge on any atom is -0.491 e. The molecular weight excluding hydrogens is 288 g/mol.